The molecule has 0 unspecified atom stereocenters. The van der Waals surface area contributed by atoms with Gasteiger partial charge in [0.25, 0.3) is 0 Å². The van der Waals surface area contributed by atoms with Gasteiger partial charge in [0.15, 0.2) is 0 Å². The summed E-state index contributed by atoms with van der Waals surface area (Å²) in [7, 11) is 1.75. The fraction of sp³-hybridized carbons (Fsp3) is 0.769. The van der Waals surface area contributed by atoms with Crippen molar-refractivity contribution in [1.82, 2.24) is 10.3 Å². The average Bonchev–Trinajstić information content (AvgIpc) is 2.76. The van der Waals surface area contributed by atoms with Gasteiger partial charge in [-0.2, -0.15) is 0 Å². The minimum atomic E-state index is 0.286. The molecule has 0 fully saturated rings. The second-order valence-electron chi connectivity index (χ2n) is 4.71. The Balaban J connectivity index is 2.59. The van der Waals surface area contributed by atoms with E-state index in [2.05, 4.69) is 43.4 Å². The first-order valence-corrected chi connectivity index (χ1v) is 7.15. The highest BCUT2D eigenvalue weighted by molar-refractivity contribution is 7.09. The predicted octanol–water partition coefficient (Wildman–Crippen LogP) is 3.03. The number of thiazole rings is 1. The van der Waals surface area contributed by atoms with E-state index < -0.39 is 0 Å². The fourth-order valence-corrected chi connectivity index (χ4v) is 2.54. The van der Waals surface area contributed by atoms with Gasteiger partial charge in [-0.25, -0.2) is 4.98 Å². The Kier molecular flexibility index (Phi) is 6.09. The van der Waals surface area contributed by atoms with Crippen LogP contribution in [0.4, 0.5) is 0 Å². The molecule has 0 radical (unpaired) electrons. The number of aryl methyl sites for hydroxylation is 1. The standard InChI is InChI=1S/C13H24N2OS/c1-6-13-15-12(8-17-13)10(4)14-11(7-16-5)9(2)3/h8-11,14H,6-7H2,1-5H3/t10-,11+/m0/s1. The van der Waals surface area contributed by atoms with Crippen LogP contribution in [0.3, 0.4) is 0 Å². The third kappa shape index (κ3) is 4.37. The maximum absolute atomic E-state index is 5.25. The highest BCUT2D eigenvalue weighted by Gasteiger charge is 2.18. The minimum Gasteiger partial charge on any atom is -0.383 e. The van der Waals surface area contributed by atoms with Crippen LogP contribution in [0.2, 0.25) is 0 Å². The molecule has 1 heterocycles. The van der Waals surface area contributed by atoms with Crippen LogP contribution in [0.25, 0.3) is 0 Å². The minimum absolute atomic E-state index is 0.286. The van der Waals surface area contributed by atoms with Crippen LogP contribution in [0.1, 0.15) is 44.4 Å². The van der Waals surface area contributed by atoms with Gasteiger partial charge < -0.3 is 10.1 Å². The van der Waals surface area contributed by atoms with Crippen molar-refractivity contribution < 1.29 is 4.74 Å². The number of methoxy groups -OCH3 is 1. The first kappa shape index (κ1) is 14.6. The van der Waals surface area contributed by atoms with Crippen molar-refractivity contribution in [2.45, 2.75) is 46.2 Å². The monoisotopic (exact) mass is 256 g/mol. The van der Waals surface area contributed by atoms with Crippen LogP contribution in [0.15, 0.2) is 5.38 Å². The first-order valence-electron chi connectivity index (χ1n) is 6.27. The van der Waals surface area contributed by atoms with Crippen LogP contribution in [0, 0.1) is 5.92 Å². The Bertz CT molecular complexity index is 325. The van der Waals surface area contributed by atoms with E-state index >= 15 is 0 Å². The molecule has 0 saturated heterocycles. The van der Waals surface area contributed by atoms with E-state index in [1.165, 1.54) is 5.01 Å². The molecule has 0 bridgehead atoms. The normalized spacial score (nSPS) is 15.2. The quantitative estimate of drug-likeness (QED) is 0.814. The van der Waals surface area contributed by atoms with E-state index in [1.54, 1.807) is 18.4 Å². The Hall–Kier alpha value is -0.450. The third-order valence-electron chi connectivity index (χ3n) is 2.93. The van der Waals surface area contributed by atoms with E-state index in [0.29, 0.717) is 12.0 Å². The summed E-state index contributed by atoms with van der Waals surface area (Å²) in [5.41, 5.74) is 1.15. The highest BCUT2D eigenvalue weighted by atomic mass is 32.1. The van der Waals surface area contributed by atoms with Gasteiger partial charge in [-0.3, -0.25) is 0 Å². The maximum atomic E-state index is 5.25. The zero-order chi connectivity index (χ0) is 12.8. The smallest absolute Gasteiger partial charge is 0.0926 e. The van der Waals surface area contributed by atoms with Crippen LogP contribution < -0.4 is 5.32 Å². The lowest BCUT2D eigenvalue weighted by molar-refractivity contribution is 0.141. The Morgan fingerprint density at radius 3 is 2.59 bits per heavy atom. The lowest BCUT2D eigenvalue weighted by atomic mass is 10.0. The molecular weight excluding hydrogens is 232 g/mol. The van der Waals surface area contributed by atoms with E-state index in [4.69, 9.17) is 4.74 Å². The van der Waals surface area contributed by atoms with Gasteiger partial charge in [0, 0.05) is 24.6 Å². The molecule has 0 aliphatic carbocycles. The van der Waals surface area contributed by atoms with Crippen molar-refractivity contribution in [3.8, 4) is 0 Å². The van der Waals surface area contributed by atoms with Gasteiger partial charge in [0.05, 0.1) is 17.3 Å². The number of nitrogens with zero attached hydrogens (tertiary/aromatic N) is 1. The van der Waals surface area contributed by atoms with Crippen molar-refractivity contribution in [2.75, 3.05) is 13.7 Å². The molecule has 0 aromatic carbocycles. The van der Waals surface area contributed by atoms with Crippen LogP contribution in [-0.2, 0) is 11.2 Å². The molecule has 4 heteroatoms. The summed E-state index contributed by atoms with van der Waals surface area (Å²) in [5, 5.41) is 6.95. The Labute approximate surface area is 109 Å². The molecule has 0 spiro atoms. The van der Waals surface area contributed by atoms with Crippen molar-refractivity contribution in [2.24, 2.45) is 5.92 Å². The third-order valence-corrected chi connectivity index (χ3v) is 3.94. The second-order valence-corrected chi connectivity index (χ2v) is 5.66. The lowest BCUT2D eigenvalue weighted by Gasteiger charge is -2.25. The molecule has 0 amide bonds. The van der Waals surface area contributed by atoms with Gasteiger partial charge in [-0.15, -0.1) is 11.3 Å². The predicted molar refractivity (Wildman–Crippen MR) is 73.5 cm³/mol. The number of hydrogen-bond acceptors (Lipinski definition) is 4. The van der Waals surface area contributed by atoms with Crippen molar-refractivity contribution in [1.29, 1.82) is 0 Å². The van der Waals surface area contributed by atoms with Gasteiger partial charge in [0.1, 0.15) is 0 Å². The molecule has 0 saturated carbocycles. The Morgan fingerprint density at radius 1 is 1.41 bits per heavy atom. The molecule has 1 rings (SSSR count). The highest BCUT2D eigenvalue weighted by Crippen LogP contribution is 2.18. The second kappa shape index (κ2) is 7.09. The molecule has 1 aromatic heterocycles. The SMILES string of the molecule is CCc1nc([C@H](C)N[C@H](COC)C(C)C)cs1. The molecule has 98 valence electrons. The van der Waals surface area contributed by atoms with Gasteiger partial charge >= 0.3 is 0 Å². The number of rotatable bonds is 7. The molecule has 1 N–H and O–H groups in total. The summed E-state index contributed by atoms with van der Waals surface area (Å²) in [6, 6.07) is 0.663. The molecule has 3 nitrogen and oxygen atoms in total. The molecule has 2 atom stereocenters. The van der Waals surface area contributed by atoms with Crippen LogP contribution in [-0.4, -0.2) is 24.7 Å². The van der Waals surface area contributed by atoms with Gasteiger partial charge in [-0.05, 0) is 19.3 Å². The molecular formula is C13H24N2OS. The molecule has 17 heavy (non-hydrogen) atoms. The largest absolute Gasteiger partial charge is 0.383 e. The van der Waals surface area contributed by atoms with E-state index in [-0.39, 0.29) is 6.04 Å². The van der Waals surface area contributed by atoms with Crippen LogP contribution >= 0.6 is 11.3 Å². The number of ether oxygens (including phenoxy) is 1. The van der Waals surface area contributed by atoms with E-state index in [1.807, 2.05) is 0 Å². The van der Waals surface area contributed by atoms with Crippen molar-refractivity contribution in [3.63, 3.8) is 0 Å². The van der Waals surface area contributed by atoms with Gasteiger partial charge in [-0.1, -0.05) is 20.8 Å². The van der Waals surface area contributed by atoms with Crippen molar-refractivity contribution >= 4 is 11.3 Å². The van der Waals surface area contributed by atoms with E-state index in [9.17, 15) is 0 Å². The zero-order valence-corrected chi connectivity index (χ0v) is 12.3. The maximum Gasteiger partial charge on any atom is 0.0926 e. The summed E-state index contributed by atoms with van der Waals surface area (Å²) >= 11 is 1.74. The fourth-order valence-electron chi connectivity index (χ4n) is 1.71. The zero-order valence-electron chi connectivity index (χ0n) is 11.5. The number of hydrogen-bond donors (Lipinski definition) is 1. The molecule has 0 aliphatic heterocycles. The summed E-state index contributed by atoms with van der Waals surface area (Å²) in [6.07, 6.45) is 1.02. The van der Waals surface area contributed by atoms with Crippen LogP contribution in [0.5, 0.6) is 0 Å². The van der Waals surface area contributed by atoms with Crippen molar-refractivity contribution in [3.05, 3.63) is 16.1 Å². The summed E-state index contributed by atoms with van der Waals surface area (Å²) in [4.78, 5) is 4.62. The molecule has 0 aliphatic rings. The summed E-state index contributed by atoms with van der Waals surface area (Å²) in [6.45, 7) is 9.47. The van der Waals surface area contributed by atoms with Gasteiger partial charge in [0.2, 0.25) is 0 Å². The number of nitrogens with one attached hydrogen (secondary N) is 1. The molecule has 1 aromatic rings. The first-order chi connectivity index (χ1) is 8.08. The van der Waals surface area contributed by atoms with E-state index in [0.717, 1.165) is 18.7 Å². The summed E-state index contributed by atoms with van der Waals surface area (Å²) < 4.78 is 5.25. The average molecular weight is 256 g/mol. The topological polar surface area (TPSA) is 34.2 Å². The summed E-state index contributed by atoms with van der Waals surface area (Å²) in [5.74, 6) is 0.557. The lowest BCUT2D eigenvalue weighted by Crippen LogP contribution is -2.39. The Morgan fingerprint density at radius 2 is 2.12 bits per heavy atom. The number of aromatic nitrogens is 1.